The van der Waals surface area contributed by atoms with Crippen molar-refractivity contribution in [2.75, 3.05) is 5.32 Å². The Balaban J connectivity index is 1.79. The lowest BCUT2D eigenvalue weighted by molar-refractivity contribution is -0.139. The number of halogens is 3. The normalized spacial score (nSPS) is 17.0. The number of rotatable bonds is 7. The number of hydrogen-bond donors (Lipinski definition) is 2. The van der Waals surface area contributed by atoms with Crippen LogP contribution in [0, 0.1) is 23.4 Å². The van der Waals surface area contributed by atoms with E-state index < -0.39 is 29.5 Å². The molecule has 0 aromatic heterocycles. The number of carbonyl (C=O) groups excluding carboxylic acids is 2. The molecule has 0 saturated carbocycles. The number of benzene rings is 2. The highest BCUT2D eigenvalue weighted by Gasteiger charge is 2.33. The first-order valence-corrected chi connectivity index (χ1v) is 10.7. The number of hydrogen-bond acceptors (Lipinski definition) is 3. The quantitative estimate of drug-likeness (QED) is 0.626. The van der Waals surface area contributed by atoms with Gasteiger partial charge in [-0.05, 0) is 48.4 Å². The molecular weight excluding hydrogens is 419 g/mol. The van der Waals surface area contributed by atoms with Gasteiger partial charge in [0.25, 0.3) is 0 Å². The second-order valence-corrected chi connectivity index (χ2v) is 8.68. The molecule has 0 radical (unpaired) electrons. The number of anilines is 1. The first-order chi connectivity index (χ1) is 15.2. The van der Waals surface area contributed by atoms with Gasteiger partial charge in [-0.2, -0.15) is 0 Å². The molecule has 2 aromatic carbocycles. The van der Waals surface area contributed by atoms with E-state index in [-0.39, 0.29) is 36.8 Å². The minimum absolute atomic E-state index is 0.0977. The Morgan fingerprint density at radius 2 is 1.84 bits per heavy atom. The van der Waals surface area contributed by atoms with Crippen molar-refractivity contribution in [3.05, 3.63) is 65.0 Å². The van der Waals surface area contributed by atoms with Crippen LogP contribution in [0.5, 0.6) is 0 Å². The van der Waals surface area contributed by atoms with E-state index in [1.165, 1.54) is 4.90 Å². The number of fused-ring (bicyclic) bond motifs is 1. The van der Waals surface area contributed by atoms with E-state index in [0.29, 0.717) is 24.1 Å². The molecule has 0 spiro atoms. The Morgan fingerprint density at radius 1 is 1.16 bits per heavy atom. The predicted octanol–water partition coefficient (Wildman–Crippen LogP) is 4.15. The maximum Gasteiger partial charge on any atom is 0.247 e. The third-order valence-corrected chi connectivity index (χ3v) is 5.64. The molecule has 1 heterocycles. The van der Waals surface area contributed by atoms with Crippen molar-refractivity contribution in [1.82, 2.24) is 4.90 Å². The Hall–Kier alpha value is -2.87. The zero-order valence-corrected chi connectivity index (χ0v) is 18.2. The second-order valence-electron chi connectivity index (χ2n) is 8.68. The van der Waals surface area contributed by atoms with Gasteiger partial charge in [0, 0.05) is 30.8 Å². The number of para-hydroxylation sites is 1. The van der Waals surface area contributed by atoms with Crippen LogP contribution in [0.4, 0.5) is 18.9 Å². The molecule has 1 aliphatic heterocycles. The fraction of sp³-hybridized carbons (Fsp3) is 0.417. The van der Waals surface area contributed by atoms with Crippen LogP contribution in [0.2, 0.25) is 0 Å². The first kappa shape index (κ1) is 23.8. The van der Waals surface area contributed by atoms with Gasteiger partial charge in [0.1, 0.15) is 11.9 Å². The van der Waals surface area contributed by atoms with Crippen molar-refractivity contribution in [2.24, 2.45) is 11.7 Å². The predicted molar refractivity (Wildman–Crippen MR) is 116 cm³/mol. The summed E-state index contributed by atoms with van der Waals surface area (Å²) in [6.45, 7) is 4.33. The molecule has 8 heteroatoms. The molecule has 2 amide bonds. The lowest BCUT2D eigenvalue weighted by Gasteiger charge is -2.30. The zero-order chi connectivity index (χ0) is 23.4. The van der Waals surface area contributed by atoms with Gasteiger partial charge < -0.3 is 16.0 Å². The summed E-state index contributed by atoms with van der Waals surface area (Å²) in [5.41, 5.74) is 7.45. The summed E-state index contributed by atoms with van der Waals surface area (Å²) in [5, 5.41) is 2.90. The molecule has 5 nitrogen and oxygen atoms in total. The zero-order valence-electron chi connectivity index (χ0n) is 18.2. The largest absolute Gasteiger partial charge is 0.327 e. The van der Waals surface area contributed by atoms with Crippen molar-refractivity contribution >= 4 is 17.5 Å². The Labute approximate surface area is 185 Å². The monoisotopic (exact) mass is 447 g/mol. The molecule has 32 heavy (non-hydrogen) atoms. The molecule has 1 aliphatic rings. The summed E-state index contributed by atoms with van der Waals surface area (Å²) >= 11 is 0. The molecule has 0 unspecified atom stereocenters. The van der Waals surface area contributed by atoms with Crippen LogP contribution in [0.3, 0.4) is 0 Å². The molecule has 0 bridgehead atoms. The lowest BCUT2D eigenvalue weighted by Crippen LogP contribution is -2.47. The summed E-state index contributed by atoms with van der Waals surface area (Å²) in [4.78, 5) is 27.7. The molecule has 2 aromatic rings. The van der Waals surface area contributed by atoms with Crippen molar-refractivity contribution in [2.45, 2.75) is 58.2 Å². The maximum absolute atomic E-state index is 14.0. The Bertz CT molecular complexity index is 996. The van der Waals surface area contributed by atoms with Gasteiger partial charge in [0.15, 0.2) is 11.6 Å². The van der Waals surface area contributed by atoms with Crippen LogP contribution >= 0.6 is 0 Å². The van der Waals surface area contributed by atoms with E-state index in [1.54, 1.807) is 6.07 Å². The van der Waals surface area contributed by atoms with Crippen molar-refractivity contribution in [1.29, 1.82) is 0 Å². The molecule has 172 valence electrons. The summed E-state index contributed by atoms with van der Waals surface area (Å²) in [7, 11) is 0. The molecule has 0 saturated heterocycles. The van der Waals surface area contributed by atoms with Crippen molar-refractivity contribution < 1.29 is 22.8 Å². The minimum Gasteiger partial charge on any atom is -0.327 e. The summed E-state index contributed by atoms with van der Waals surface area (Å²) in [6.07, 6.45) is 0.953. The maximum atomic E-state index is 14.0. The van der Waals surface area contributed by atoms with E-state index >= 15 is 0 Å². The molecule has 3 N–H and O–H groups in total. The third kappa shape index (κ3) is 5.68. The number of carbonyl (C=O) groups is 2. The standard InChI is InChI=1S/C24H28F3N3O2/c1-14(2)7-8-22-24(32)29-21-6-4-3-5-15(21)13-30(22)23(31)11-17(28)9-16-10-19(26)20(27)12-18(16)25/h3-6,10,12,14,17,22H,7-9,11,13,28H2,1-2H3,(H,29,32)/t17-,22+/m1/s1. The highest BCUT2D eigenvalue weighted by molar-refractivity contribution is 5.98. The van der Waals surface area contributed by atoms with Gasteiger partial charge in [-0.1, -0.05) is 32.0 Å². The molecule has 0 aliphatic carbocycles. The van der Waals surface area contributed by atoms with Crippen molar-refractivity contribution in [3.63, 3.8) is 0 Å². The summed E-state index contributed by atoms with van der Waals surface area (Å²) in [6, 6.07) is 7.02. The summed E-state index contributed by atoms with van der Waals surface area (Å²) < 4.78 is 40.6. The number of nitrogens with zero attached hydrogens (tertiary/aromatic N) is 1. The van der Waals surface area contributed by atoms with Gasteiger partial charge in [-0.15, -0.1) is 0 Å². The molecule has 0 fully saturated rings. The fourth-order valence-corrected chi connectivity index (χ4v) is 3.89. The van der Waals surface area contributed by atoms with Crippen molar-refractivity contribution in [3.8, 4) is 0 Å². The molecule has 2 atom stereocenters. The van der Waals surface area contributed by atoms with Crippen LogP contribution < -0.4 is 11.1 Å². The van der Waals surface area contributed by atoms with E-state index in [9.17, 15) is 22.8 Å². The number of nitrogens with one attached hydrogen (secondary N) is 1. The number of nitrogens with two attached hydrogens (primary N) is 1. The topological polar surface area (TPSA) is 75.4 Å². The van der Waals surface area contributed by atoms with Gasteiger partial charge >= 0.3 is 0 Å². The number of amides is 2. The molecule has 3 rings (SSSR count). The van der Waals surface area contributed by atoms with Gasteiger partial charge in [0.2, 0.25) is 11.8 Å². The van der Waals surface area contributed by atoms with Crippen LogP contribution in [0.25, 0.3) is 0 Å². The highest BCUT2D eigenvalue weighted by atomic mass is 19.2. The van der Waals surface area contributed by atoms with Crippen LogP contribution in [0.15, 0.2) is 36.4 Å². The van der Waals surface area contributed by atoms with Gasteiger partial charge in [-0.3, -0.25) is 9.59 Å². The smallest absolute Gasteiger partial charge is 0.247 e. The summed E-state index contributed by atoms with van der Waals surface area (Å²) in [5.74, 6) is -3.62. The van der Waals surface area contributed by atoms with Gasteiger partial charge in [-0.25, -0.2) is 13.2 Å². The van der Waals surface area contributed by atoms with E-state index in [4.69, 9.17) is 5.73 Å². The third-order valence-electron chi connectivity index (χ3n) is 5.64. The highest BCUT2D eigenvalue weighted by Crippen LogP contribution is 2.26. The van der Waals surface area contributed by atoms with E-state index in [0.717, 1.165) is 18.1 Å². The average molecular weight is 448 g/mol. The first-order valence-electron chi connectivity index (χ1n) is 10.7. The SMILES string of the molecule is CC(C)CC[C@H]1C(=O)Nc2ccccc2CN1C(=O)C[C@H](N)Cc1cc(F)c(F)cc1F. The lowest BCUT2D eigenvalue weighted by atomic mass is 9.99. The minimum atomic E-state index is -1.28. The fourth-order valence-electron chi connectivity index (χ4n) is 3.89. The van der Waals surface area contributed by atoms with Crippen LogP contribution in [0.1, 0.15) is 44.2 Å². The van der Waals surface area contributed by atoms with E-state index in [1.807, 2.05) is 32.0 Å². The van der Waals surface area contributed by atoms with E-state index in [2.05, 4.69) is 5.32 Å². The van der Waals surface area contributed by atoms with Gasteiger partial charge in [0.05, 0.1) is 0 Å². The Kier molecular flexibility index (Phi) is 7.56. The molecular formula is C24H28F3N3O2. The van der Waals surface area contributed by atoms with Crippen LogP contribution in [-0.4, -0.2) is 28.8 Å². The Morgan fingerprint density at radius 3 is 2.56 bits per heavy atom. The van der Waals surface area contributed by atoms with Crippen LogP contribution in [-0.2, 0) is 22.6 Å². The average Bonchev–Trinajstić information content (AvgIpc) is 2.86. The second kappa shape index (κ2) is 10.2.